The zero-order valence-corrected chi connectivity index (χ0v) is 17.2. The van der Waals surface area contributed by atoms with Crippen LogP contribution in [0.25, 0.3) is 0 Å². The molecule has 0 bridgehead atoms. The average molecular weight is 418 g/mol. The molecular weight excluding hydrogens is 392 g/mol. The second-order valence-corrected chi connectivity index (χ2v) is 8.86. The minimum atomic E-state index is -1.68. The molecule has 2 atom stereocenters. The highest BCUT2D eigenvalue weighted by molar-refractivity contribution is 5.93. The normalized spacial score (nSPS) is 21.7. The summed E-state index contributed by atoms with van der Waals surface area (Å²) in [7, 11) is 0. The Kier molecular flexibility index (Phi) is 6.47. The van der Waals surface area contributed by atoms with Gasteiger partial charge in [-0.25, -0.2) is 17.6 Å². The van der Waals surface area contributed by atoms with Gasteiger partial charge in [-0.3, -0.25) is 9.59 Å². The molecule has 0 aromatic heterocycles. The van der Waals surface area contributed by atoms with Crippen molar-refractivity contribution >= 4 is 11.8 Å². The lowest BCUT2D eigenvalue weighted by molar-refractivity contribution is -0.164. The van der Waals surface area contributed by atoms with Crippen LogP contribution >= 0.6 is 0 Å². The lowest BCUT2D eigenvalue weighted by atomic mass is 9.60. The summed E-state index contributed by atoms with van der Waals surface area (Å²) in [6.07, 6.45) is 1.54. The van der Waals surface area contributed by atoms with Gasteiger partial charge in [0.1, 0.15) is 12.2 Å². The van der Waals surface area contributed by atoms with E-state index >= 15 is 0 Å². The van der Waals surface area contributed by atoms with Crippen LogP contribution in [0, 0.1) is 47.4 Å². The Morgan fingerprint density at radius 1 is 1.10 bits per heavy atom. The Labute approximate surface area is 167 Å². The molecule has 0 heterocycles. The van der Waals surface area contributed by atoms with E-state index in [4.69, 9.17) is 4.74 Å². The van der Waals surface area contributed by atoms with Crippen molar-refractivity contribution in [1.82, 2.24) is 0 Å². The van der Waals surface area contributed by atoms with Crippen LogP contribution in [0.1, 0.15) is 58.1 Å². The van der Waals surface area contributed by atoms with Crippen LogP contribution in [-0.2, 0) is 20.9 Å². The first-order valence-electron chi connectivity index (χ1n) is 9.45. The Balaban J connectivity index is 2.29. The minimum Gasteiger partial charge on any atom is -0.460 e. The van der Waals surface area contributed by atoms with Gasteiger partial charge >= 0.3 is 5.97 Å². The quantitative estimate of drug-likeness (QED) is 0.438. The molecule has 1 saturated carbocycles. The standard InChI is InChI=1S/C21H26F4O4/c1-10-14(22)16(24)12(17(25)15(10)23)9-29-19(27)11-7-6-8-20(2,3)13(11)18(26)21(4,5)28/h11,13,28H,6-9H2,1-5H3. The molecule has 1 aromatic carbocycles. The molecule has 1 aromatic rings. The first kappa shape index (κ1) is 23.3. The van der Waals surface area contributed by atoms with E-state index in [9.17, 15) is 32.3 Å². The summed E-state index contributed by atoms with van der Waals surface area (Å²) in [6, 6.07) is 0. The van der Waals surface area contributed by atoms with Crippen molar-refractivity contribution in [2.24, 2.45) is 17.3 Å². The molecule has 162 valence electrons. The maximum atomic E-state index is 14.0. The summed E-state index contributed by atoms with van der Waals surface area (Å²) >= 11 is 0. The lowest BCUT2D eigenvalue weighted by Gasteiger charge is -2.43. The molecule has 29 heavy (non-hydrogen) atoms. The topological polar surface area (TPSA) is 63.6 Å². The molecule has 0 aliphatic heterocycles. The number of hydrogen-bond donors (Lipinski definition) is 1. The molecule has 4 nitrogen and oxygen atoms in total. The monoisotopic (exact) mass is 418 g/mol. The SMILES string of the molecule is Cc1c(F)c(F)c(COC(=O)C2CCCC(C)(C)C2C(=O)C(C)(C)O)c(F)c1F. The second kappa shape index (κ2) is 8.05. The average Bonchev–Trinajstić information content (AvgIpc) is 2.62. The van der Waals surface area contributed by atoms with E-state index < -0.39 is 75.6 Å². The third-order valence-electron chi connectivity index (χ3n) is 5.70. The minimum absolute atomic E-state index is 0.288. The highest BCUT2D eigenvalue weighted by Crippen LogP contribution is 2.46. The highest BCUT2D eigenvalue weighted by atomic mass is 19.2. The zero-order chi connectivity index (χ0) is 22.3. The van der Waals surface area contributed by atoms with Gasteiger partial charge in [-0.05, 0) is 39.0 Å². The number of hydrogen-bond acceptors (Lipinski definition) is 4. The fraction of sp³-hybridized carbons (Fsp3) is 0.619. The number of Topliss-reactive ketones (excluding diaryl/α,β-unsaturated/α-hetero) is 1. The second-order valence-electron chi connectivity index (χ2n) is 8.86. The third-order valence-corrected chi connectivity index (χ3v) is 5.70. The van der Waals surface area contributed by atoms with Gasteiger partial charge in [0.2, 0.25) is 0 Å². The Bertz CT molecular complexity index is 798. The molecule has 8 heteroatoms. The predicted octanol–water partition coefficient (Wildman–Crippen LogP) is 4.38. The van der Waals surface area contributed by atoms with E-state index in [0.29, 0.717) is 12.8 Å². The van der Waals surface area contributed by atoms with Gasteiger partial charge in [-0.15, -0.1) is 0 Å². The summed E-state index contributed by atoms with van der Waals surface area (Å²) in [6.45, 7) is 6.13. The molecule has 1 N–H and O–H groups in total. The van der Waals surface area contributed by atoms with E-state index in [1.54, 1.807) is 13.8 Å². The van der Waals surface area contributed by atoms with Crippen LogP contribution in [0.3, 0.4) is 0 Å². The van der Waals surface area contributed by atoms with Gasteiger partial charge in [0, 0.05) is 11.5 Å². The molecule has 2 rings (SSSR count). The number of aliphatic hydroxyl groups is 1. The zero-order valence-electron chi connectivity index (χ0n) is 17.2. The van der Waals surface area contributed by atoms with Gasteiger partial charge in [0.25, 0.3) is 0 Å². The number of esters is 1. The summed E-state index contributed by atoms with van der Waals surface area (Å²) < 4.78 is 60.5. The number of carbonyl (C=O) groups is 2. The number of halogens is 4. The molecule has 1 aliphatic rings. The van der Waals surface area contributed by atoms with Crippen molar-refractivity contribution in [1.29, 1.82) is 0 Å². The van der Waals surface area contributed by atoms with Crippen LogP contribution in [-0.4, -0.2) is 22.5 Å². The van der Waals surface area contributed by atoms with Crippen molar-refractivity contribution in [3.05, 3.63) is 34.4 Å². The molecule has 1 aliphatic carbocycles. The summed E-state index contributed by atoms with van der Waals surface area (Å²) in [4.78, 5) is 25.5. The van der Waals surface area contributed by atoms with Gasteiger partial charge in [-0.1, -0.05) is 20.3 Å². The fourth-order valence-electron chi connectivity index (χ4n) is 3.98. The molecular formula is C21H26F4O4. The molecule has 1 fully saturated rings. The van der Waals surface area contributed by atoms with Gasteiger partial charge in [0.15, 0.2) is 29.1 Å². The fourth-order valence-corrected chi connectivity index (χ4v) is 3.98. The van der Waals surface area contributed by atoms with Crippen LogP contribution in [0.15, 0.2) is 0 Å². The van der Waals surface area contributed by atoms with E-state index in [-0.39, 0.29) is 6.42 Å². The maximum Gasteiger partial charge on any atom is 0.310 e. The van der Waals surface area contributed by atoms with E-state index in [1.807, 2.05) is 0 Å². The Morgan fingerprint density at radius 2 is 1.62 bits per heavy atom. The smallest absolute Gasteiger partial charge is 0.310 e. The van der Waals surface area contributed by atoms with Crippen LogP contribution in [0.2, 0.25) is 0 Å². The van der Waals surface area contributed by atoms with E-state index in [1.165, 1.54) is 13.8 Å². The number of ether oxygens (including phenoxy) is 1. The number of ketones is 1. The van der Waals surface area contributed by atoms with Gasteiger partial charge in [0.05, 0.1) is 11.5 Å². The summed E-state index contributed by atoms with van der Waals surface area (Å²) in [5, 5.41) is 10.2. The first-order valence-corrected chi connectivity index (χ1v) is 9.45. The third kappa shape index (κ3) is 4.47. The van der Waals surface area contributed by atoms with E-state index in [0.717, 1.165) is 6.92 Å². The number of rotatable bonds is 5. The first-order chi connectivity index (χ1) is 13.2. The van der Waals surface area contributed by atoms with Gasteiger partial charge in [-0.2, -0.15) is 0 Å². The van der Waals surface area contributed by atoms with Crippen LogP contribution in [0.5, 0.6) is 0 Å². The van der Waals surface area contributed by atoms with Crippen LogP contribution in [0.4, 0.5) is 17.6 Å². The molecule has 0 spiro atoms. The number of benzene rings is 1. The summed E-state index contributed by atoms with van der Waals surface area (Å²) in [5.41, 5.74) is -4.13. The largest absolute Gasteiger partial charge is 0.460 e. The highest BCUT2D eigenvalue weighted by Gasteiger charge is 2.50. The van der Waals surface area contributed by atoms with Crippen LogP contribution < -0.4 is 0 Å². The van der Waals surface area contributed by atoms with Gasteiger partial charge < -0.3 is 9.84 Å². The Hall–Kier alpha value is -1.96. The summed E-state index contributed by atoms with van der Waals surface area (Å²) in [5.74, 6) is -9.60. The van der Waals surface area contributed by atoms with Crippen molar-refractivity contribution in [2.45, 2.75) is 66.1 Å². The Morgan fingerprint density at radius 3 is 2.10 bits per heavy atom. The van der Waals surface area contributed by atoms with Crippen molar-refractivity contribution in [2.75, 3.05) is 0 Å². The molecule has 0 amide bonds. The van der Waals surface area contributed by atoms with Crippen molar-refractivity contribution in [3.63, 3.8) is 0 Å². The van der Waals surface area contributed by atoms with Crippen molar-refractivity contribution in [3.8, 4) is 0 Å². The molecule has 0 radical (unpaired) electrons. The van der Waals surface area contributed by atoms with Crippen molar-refractivity contribution < 1.29 is 37.0 Å². The number of carbonyl (C=O) groups excluding carboxylic acids is 2. The molecule has 0 saturated heterocycles. The molecule has 2 unspecified atom stereocenters. The van der Waals surface area contributed by atoms with E-state index in [2.05, 4.69) is 0 Å². The lowest BCUT2D eigenvalue weighted by Crippen LogP contribution is -2.50. The predicted molar refractivity (Wildman–Crippen MR) is 96.7 cm³/mol. The maximum absolute atomic E-state index is 14.0.